The van der Waals surface area contributed by atoms with Crippen LogP contribution in [0.25, 0.3) is 0 Å². The monoisotopic (exact) mass is 378 g/mol. The third kappa shape index (κ3) is 4.12. The Hall–Kier alpha value is -2.23. The molecule has 1 aliphatic rings. The van der Waals surface area contributed by atoms with Crippen LogP contribution >= 0.6 is 11.3 Å². The highest BCUT2D eigenvalue weighted by Gasteiger charge is 2.39. The van der Waals surface area contributed by atoms with E-state index < -0.39 is 24.0 Å². The second-order valence-corrected chi connectivity index (χ2v) is 7.21. The number of H-pyrrole nitrogens is 1. The number of aliphatic hydroxyl groups excluding tert-OH is 2. The topological polar surface area (TPSA) is 119 Å². The van der Waals surface area contributed by atoms with Gasteiger partial charge in [-0.05, 0) is 30.7 Å². The van der Waals surface area contributed by atoms with Gasteiger partial charge in [0, 0.05) is 30.4 Å². The van der Waals surface area contributed by atoms with Crippen LogP contribution in [-0.4, -0.2) is 62.2 Å². The van der Waals surface area contributed by atoms with Crippen molar-refractivity contribution in [1.82, 2.24) is 20.2 Å². The van der Waals surface area contributed by atoms with Gasteiger partial charge in [0.2, 0.25) is 0 Å². The van der Waals surface area contributed by atoms with E-state index in [1.165, 1.54) is 4.90 Å². The number of thiophene rings is 1. The molecular formula is C17H22N4O4S. The van der Waals surface area contributed by atoms with Crippen molar-refractivity contribution < 1.29 is 19.8 Å². The first-order valence-electron chi connectivity index (χ1n) is 8.54. The molecule has 140 valence electrons. The van der Waals surface area contributed by atoms with E-state index in [0.717, 1.165) is 17.7 Å². The lowest BCUT2D eigenvalue weighted by molar-refractivity contribution is -0.153. The maximum absolute atomic E-state index is 12.6. The van der Waals surface area contributed by atoms with Gasteiger partial charge in [0.25, 0.3) is 11.8 Å². The Kier molecular flexibility index (Phi) is 6.02. The van der Waals surface area contributed by atoms with Gasteiger partial charge < -0.3 is 25.4 Å². The highest BCUT2D eigenvalue weighted by atomic mass is 32.1. The van der Waals surface area contributed by atoms with Crippen molar-refractivity contribution in [2.75, 3.05) is 13.1 Å². The minimum absolute atomic E-state index is 0.277. The van der Waals surface area contributed by atoms with Gasteiger partial charge >= 0.3 is 0 Å². The van der Waals surface area contributed by atoms with E-state index in [2.05, 4.69) is 15.3 Å². The number of imidazole rings is 1. The van der Waals surface area contributed by atoms with Gasteiger partial charge in [-0.2, -0.15) is 0 Å². The smallest absolute Gasteiger partial charge is 0.255 e. The van der Waals surface area contributed by atoms with Crippen molar-refractivity contribution in [3.05, 3.63) is 40.6 Å². The zero-order valence-electron chi connectivity index (χ0n) is 14.2. The average Bonchev–Trinajstić information content (AvgIpc) is 3.40. The molecule has 8 nitrogen and oxygen atoms in total. The minimum Gasteiger partial charge on any atom is -0.380 e. The van der Waals surface area contributed by atoms with Crippen LogP contribution in [-0.2, 0) is 16.0 Å². The third-order valence-electron chi connectivity index (χ3n) is 4.44. The normalized spacial score (nSPS) is 19.3. The number of aromatic amines is 1. The number of amides is 2. The second kappa shape index (κ2) is 8.43. The van der Waals surface area contributed by atoms with E-state index in [1.54, 1.807) is 23.7 Å². The van der Waals surface area contributed by atoms with Crippen LogP contribution in [0, 0.1) is 0 Å². The average molecular weight is 378 g/mol. The van der Waals surface area contributed by atoms with Crippen molar-refractivity contribution in [3.63, 3.8) is 0 Å². The lowest BCUT2D eigenvalue weighted by Gasteiger charge is -2.27. The Morgan fingerprint density at radius 2 is 2.27 bits per heavy atom. The molecule has 2 aromatic rings. The number of nitrogens with zero attached hydrogens (tertiary/aromatic N) is 2. The van der Waals surface area contributed by atoms with Crippen molar-refractivity contribution in [3.8, 4) is 0 Å². The Morgan fingerprint density at radius 1 is 1.42 bits per heavy atom. The molecule has 2 aromatic heterocycles. The van der Waals surface area contributed by atoms with Crippen molar-refractivity contribution >= 4 is 23.2 Å². The Labute approximate surface area is 154 Å². The quantitative estimate of drug-likeness (QED) is 0.549. The summed E-state index contributed by atoms with van der Waals surface area (Å²) in [6, 6.07) is 3.60. The number of likely N-dealkylation sites (tertiary alicyclic amines) is 1. The second-order valence-electron chi connectivity index (χ2n) is 6.17. The molecule has 0 aliphatic carbocycles. The standard InChI is InChI=1S/C17H22N4O4S/c22-13(16(24)20-6-5-11-3-2-10-26-11)14(23)17(25)21-9-1-4-12(21)15-18-7-8-19-15/h2-3,7-8,10,12-14,22-23H,1,4-6,9H2,(H,18,19)(H,20,24)/t12?,13-,14-/m1/s1. The molecule has 0 saturated carbocycles. The molecule has 2 amide bonds. The van der Waals surface area contributed by atoms with E-state index in [0.29, 0.717) is 25.3 Å². The summed E-state index contributed by atoms with van der Waals surface area (Å²) in [6.07, 6.45) is 1.79. The molecule has 1 aliphatic heterocycles. The largest absolute Gasteiger partial charge is 0.380 e. The molecule has 3 atom stereocenters. The summed E-state index contributed by atoms with van der Waals surface area (Å²) in [5, 5.41) is 24.7. The summed E-state index contributed by atoms with van der Waals surface area (Å²) < 4.78 is 0. The van der Waals surface area contributed by atoms with E-state index in [-0.39, 0.29) is 6.04 Å². The maximum atomic E-state index is 12.6. The molecule has 1 fully saturated rings. The van der Waals surface area contributed by atoms with Crippen LogP contribution < -0.4 is 5.32 Å². The molecule has 1 saturated heterocycles. The Bertz CT molecular complexity index is 719. The van der Waals surface area contributed by atoms with Crippen molar-refractivity contribution in [2.24, 2.45) is 0 Å². The summed E-state index contributed by atoms with van der Waals surface area (Å²) in [4.78, 5) is 34.3. The number of carbonyl (C=O) groups is 2. The molecule has 9 heteroatoms. The SMILES string of the molecule is O=C(NCCc1cccs1)[C@H](O)[C@@H](O)C(=O)N1CCCC1c1ncc[nH]1. The summed E-state index contributed by atoms with van der Waals surface area (Å²) >= 11 is 1.58. The number of aromatic nitrogens is 2. The first kappa shape index (κ1) is 18.6. The highest BCUT2D eigenvalue weighted by molar-refractivity contribution is 7.09. The molecule has 0 radical (unpaired) electrons. The molecule has 0 aromatic carbocycles. The summed E-state index contributed by atoms with van der Waals surface area (Å²) in [7, 11) is 0. The predicted molar refractivity (Wildman–Crippen MR) is 95.3 cm³/mol. The fourth-order valence-corrected chi connectivity index (χ4v) is 3.80. The van der Waals surface area contributed by atoms with Crippen molar-refractivity contribution in [1.29, 1.82) is 0 Å². The zero-order chi connectivity index (χ0) is 18.5. The van der Waals surface area contributed by atoms with Crippen LogP contribution in [0.3, 0.4) is 0 Å². The fourth-order valence-electron chi connectivity index (χ4n) is 3.09. The lowest BCUT2D eigenvalue weighted by atomic mass is 10.1. The van der Waals surface area contributed by atoms with E-state index in [9.17, 15) is 19.8 Å². The first-order chi connectivity index (χ1) is 12.6. The number of nitrogens with one attached hydrogen (secondary N) is 2. The first-order valence-corrected chi connectivity index (χ1v) is 9.42. The van der Waals surface area contributed by atoms with Gasteiger partial charge in [-0.3, -0.25) is 9.59 Å². The molecule has 0 spiro atoms. The van der Waals surface area contributed by atoms with Crippen LogP contribution in [0.1, 0.15) is 29.6 Å². The zero-order valence-corrected chi connectivity index (χ0v) is 15.0. The minimum atomic E-state index is -1.80. The van der Waals surface area contributed by atoms with Gasteiger partial charge in [-0.15, -0.1) is 11.3 Å². The van der Waals surface area contributed by atoms with Gasteiger partial charge in [0.05, 0.1) is 6.04 Å². The third-order valence-corrected chi connectivity index (χ3v) is 5.38. The number of carbonyl (C=O) groups excluding carboxylic acids is 2. The molecule has 3 rings (SSSR count). The van der Waals surface area contributed by atoms with Crippen LogP contribution in [0.4, 0.5) is 0 Å². The number of hydrogen-bond acceptors (Lipinski definition) is 6. The Balaban J connectivity index is 1.54. The highest BCUT2D eigenvalue weighted by Crippen LogP contribution is 2.30. The van der Waals surface area contributed by atoms with E-state index >= 15 is 0 Å². The van der Waals surface area contributed by atoms with Gasteiger partial charge in [0.1, 0.15) is 5.82 Å². The summed E-state index contributed by atoms with van der Waals surface area (Å²) in [6.45, 7) is 0.782. The molecule has 4 N–H and O–H groups in total. The predicted octanol–water partition coefficient (Wildman–Crippen LogP) is 0.215. The number of hydrogen-bond donors (Lipinski definition) is 4. The van der Waals surface area contributed by atoms with E-state index in [1.807, 2.05) is 17.5 Å². The van der Waals surface area contributed by atoms with E-state index in [4.69, 9.17) is 0 Å². The maximum Gasteiger partial charge on any atom is 0.255 e. The van der Waals surface area contributed by atoms with Gasteiger partial charge in [-0.25, -0.2) is 4.98 Å². The van der Waals surface area contributed by atoms with Gasteiger partial charge in [-0.1, -0.05) is 6.07 Å². The number of aliphatic hydroxyl groups is 2. The summed E-state index contributed by atoms with van der Waals surface area (Å²) in [5.74, 6) is -0.779. The fraction of sp³-hybridized carbons (Fsp3) is 0.471. The molecule has 1 unspecified atom stereocenters. The van der Waals surface area contributed by atoms with Crippen molar-refractivity contribution in [2.45, 2.75) is 37.5 Å². The van der Waals surface area contributed by atoms with Crippen LogP contribution in [0.15, 0.2) is 29.9 Å². The molecule has 3 heterocycles. The molecule has 0 bridgehead atoms. The van der Waals surface area contributed by atoms with Crippen LogP contribution in [0.5, 0.6) is 0 Å². The number of rotatable bonds is 7. The molecule has 26 heavy (non-hydrogen) atoms. The van der Waals surface area contributed by atoms with Gasteiger partial charge in [0.15, 0.2) is 12.2 Å². The van der Waals surface area contributed by atoms with Crippen LogP contribution in [0.2, 0.25) is 0 Å². The summed E-state index contributed by atoms with van der Waals surface area (Å²) in [5.41, 5.74) is 0. The lowest BCUT2D eigenvalue weighted by Crippen LogP contribution is -2.50. The Morgan fingerprint density at radius 3 is 2.96 bits per heavy atom. The molecular weight excluding hydrogens is 356 g/mol.